The second-order valence-electron chi connectivity index (χ2n) is 3.80. The van der Waals surface area contributed by atoms with E-state index < -0.39 is 0 Å². The van der Waals surface area contributed by atoms with E-state index in [-0.39, 0.29) is 25.1 Å². The normalized spacial score (nSPS) is 19.3. The van der Waals surface area contributed by atoms with Crippen molar-refractivity contribution in [1.82, 2.24) is 10.3 Å². The first kappa shape index (κ1) is 13.7. The Morgan fingerprint density at radius 1 is 1.59 bits per heavy atom. The summed E-state index contributed by atoms with van der Waals surface area (Å²) in [6.45, 7) is 2.59. The molecule has 0 amide bonds. The highest BCUT2D eigenvalue weighted by molar-refractivity contribution is 5.85. The SMILES string of the molecule is Cl.N#Cc1ccc(N2CCN[C@H](CO)C2)nc1. The van der Waals surface area contributed by atoms with Gasteiger partial charge in [-0.1, -0.05) is 0 Å². The number of hydrogen-bond acceptors (Lipinski definition) is 5. The van der Waals surface area contributed by atoms with Gasteiger partial charge in [-0.05, 0) is 12.1 Å². The molecule has 0 radical (unpaired) electrons. The fourth-order valence-electron chi connectivity index (χ4n) is 1.80. The number of piperazine rings is 1. The summed E-state index contributed by atoms with van der Waals surface area (Å²) in [4.78, 5) is 6.35. The molecule has 1 saturated heterocycles. The number of aromatic nitrogens is 1. The Hall–Kier alpha value is -1.35. The smallest absolute Gasteiger partial charge is 0.128 e. The number of halogens is 1. The first-order valence-corrected chi connectivity index (χ1v) is 5.29. The van der Waals surface area contributed by atoms with Gasteiger partial charge in [0, 0.05) is 31.9 Å². The van der Waals surface area contributed by atoms with E-state index in [0.717, 1.165) is 25.5 Å². The Labute approximate surface area is 106 Å². The Kier molecular flexibility index (Phi) is 5.16. The monoisotopic (exact) mass is 254 g/mol. The fraction of sp³-hybridized carbons (Fsp3) is 0.455. The molecular weight excluding hydrogens is 240 g/mol. The van der Waals surface area contributed by atoms with Crippen molar-refractivity contribution < 1.29 is 5.11 Å². The van der Waals surface area contributed by atoms with Gasteiger partial charge in [0.15, 0.2) is 0 Å². The van der Waals surface area contributed by atoms with Crippen LogP contribution in [0, 0.1) is 11.3 Å². The van der Waals surface area contributed by atoms with Gasteiger partial charge in [-0.2, -0.15) is 5.26 Å². The molecule has 17 heavy (non-hydrogen) atoms. The first-order chi connectivity index (χ1) is 7.83. The van der Waals surface area contributed by atoms with Gasteiger partial charge < -0.3 is 15.3 Å². The quantitative estimate of drug-likeness (QED) is 0.786. The van der Waals surface area contributed by atoms with Gasteiger partial charge in [-0.3, -0.25) is 0 Å². The minimum Gasteiger partial charge on any atom is -0.395 e. The van der Waals surface area contributed by atoms with Gasteiger partial charge in [0.2, 0.25) is 0 Å². The Balaban J connectivity index is 0.00000144. The number of nitriles is 1. The summed E-state index contributed by atoms with van der Waals surface area (Å²) in [6, 6.07) is 5.75. The van der Waals surface area contributed by atoms with Gasteiger partial charge in [0.05, 0.1) is 12.2 Å². The molecule has 0 aliphatic carbocycles. The second kappa shape index (κ2) is 6.40. The maximum Gasteiger partial charge on any atom is 0.128 e. The number of rotatable bonds is 2. The van der Waals surface area contributed by atoms with Crippen molar-refractivity contribution in [2.45, 2.75) is 6.04 Å². The van der Waals surface area contributed by atoms with Crippen molar-refractivity contribution in [1.29, 1.82) is 5.26 Å². The lowest BCUT2D eigenvalue weighted by Gasteiger charge is -2.33. The zero-order valence-corrected chi connectivity index (χ0v) is 10.2. The van der Waals surface area contributed by atoms with E-state index in [1.54, 1.807) is 12.3 Å². The van der Waals surface area contributed by atoms with E-state index in [4.69, 9.17) is 10.4 Å². The number of nitrogens with zero attached hydrogens (tertiary/aromatic N) is 3. The molecule has 2 N–H and O–H groups in total. The first-order valence-electron chi connectivity index (χ1n) is 5.29. The lowest BCUT2D eigenvalue weighted by atomic mass is 10.2. The summed E-state index contributed by atoms with van der Waals surface area (Å²) in [5, 5.41) is 21.0. The fourth-order valence-corrected chi connectivity index (χ4v) is 1.80. The average molecular weight is 255 g/mol. The highest BCUT2D eigenvalue weighted by Gasteiger charge is 2.19. The number of anilines is 1. The summed E-state index contributed by atoms with van der Waals surface area (Å²) in [5.74, 6) is 0.860. The third-order valence-electron chi connectivity index (χ3n) is 2.68. The van der Waals surface area contributed by atoms with Gasteiger partial charge in [-0.25, -0.2) is 4.98 Å². The van der Waals surface area contributed by atoms with Crippen LogP contribution in [0.4, 0.5) is 5.82 Å². The molecule has 1 aromatic rings. The molecule has 5 nitrogen and oxygen atoms in total. The summed E-state index contributed by atoms with van der Waals surface area (Å²) in [5.41, 5.74) is 0.567. The standard InChI is InChI=1S/C11H14N4O.ClH/c12-5-9-1-2-11(14-6-9)15-4-3-13-10(7-15)8-16;/h1-2,6,10,13,16H,3-4,7-8H2;1H/t10-;/m0./s1. The van der Waals surface area contributed by atoms with Crippen LogP contribution < -0.4 is 10.2 Å². The van der Waals surface area contributed by atoms with Crippen molar-refractivity contribution in [3.63, 3.8) is 0 Å². The molecular formula is C11H15ClN4O. The Morgan fingerprint density at radius 2 is 2.41 bits per heavy atom. The summed E-state index contributed by atoms with van der Waals surface area (Å²) in [6.07, 6.45) is 1.57. The molecule has 1 aliphatic rings. The Bertz CT molecular complexity index is 389. The molecule has 1 aromatic heterocycles. The molecule has 92 valence electrons. The van der Waals surface area contributed by atoms with Crippen LogP contribution in [-0.2, 0) is 0 Å². The number of pyridine rings is 1. The second-order valence-corrected chi connectivity index (χ2v) is 3.80. The van der Waals surface area contributed by atoms with Gasteiger partial charge in [0.1, 0.15) is 11.9 Å². The molecule has 0 aromatic carbocycles. The van der Waals surface area contributed by atoms with Crippen LogP contribution in [0.3, 0.4) is 0 Å². The third kappa shape index (κ3) is 3.30. The molecule has 0 spiro atoms. The number of aliphatic hydroxyl groups excluding tert-OH is 1. The number of aliphatic hydroxyl groups is 1. The van der Waals surface area contributed by atoms with Crippen molar-refractivity contribution in [2.24, 2.45) is 0 Å². The van der Waals surface area contributed by atoms with Crippen LogP contribution in [0.2, 0.25) is 0 Å². The maximum atomic E-state index is 9.09. The van der Waals surface area contributed by atoms with Crippen LogP contribution in [0.15, 0.2) is 18.3 Å². The van der Waals surface area contributed by atoms with E-state index in [1.165, 1.54) is 0 Å². The Morgan fingerprint density at radius 3 is 3.00 bits per heavy atom. The summed E-state index contributed by atoms with van der Waals surface area (Å²) in [7, 11) is 0. The predicted octanol–water partition coefficient (Wildman–Crippen LogP) is 0.146. The van der Waals surface area contributed by atoms with E-state index >= 15 is 0 Å². The molecule has 2 heterocycles. The maximum absolute atomic E-state index is 9.09. The number of nitrogens with one attached hydrogen (secondary N) is 1. The zero-order chi connectivity index (χ0) is 11.4. The van der Waals surface area contributed by atoms with E-state index in [9.17, 15) is 0 Å². The van der Waals surface area contributed by atoms with Crippen LogP contribution in [-0.4, -0.2) is 42.4 Å². The van der Waals surface area contributed by atoms with Gasteiger partial charge in [0.25, 0.3) is 0 Å². The highest BCUT2D eigenvalue weighted by Crippen LogP contribution is 2.13. The molecule has 6 heteroatoms. The van der Waals surface area contributed by atoms with Gasteiger partial charge >= 0.3 is 0 Å². The molecule has 1 atom stereocenters. The zero-order valence-electron chi connectivity index (χ0n) is 9.33. The van der Waals surface area contributed by atoms with Crippen LogP contribution >= 0.6 is 12.4 Å². The predicted molar refractivity (Wildman–Crippen MR) is 67.3 cm³/mol. The topological polar surface area (TPSA) is 72.2 Å². The van der Waals surface area contributed by atoms with E-state index in [1.807, 2.05) is 12.1 Å². The third-order valence-corrected chi connectivity index (χ3v) is 2.68. The van der Waals surface area contributed by atoms with E-state index in [0.29, 0.717) is 5.56 Å². The lowest BCUT2D eigenvalue weighted by molar-refractivity contribution is 0.235. The molecule has 0 unspecified atom stereocenters. The van der Waals surface area contributed by atoms with Crippen LogP contribution in [0.5, 0.6) is 0 Å². The van der Waals surface area contributed by atoms with Crippen molar-refractivity contribution in [3.05, 3.63) is 23.9 Å². The van der Waals surface area contributed by atoms with Gasteiger partial charge in [-0.15, -0.1) is 12.4 Å². The largest absolute Gasteiger partial charge is 0.395 e. The highest BCUT2D eigenvalue weighted by atomic mass is 35.5. The summed E-state index contributed by atoms with van der Waals surface area (Å²) < 4.78 is 0. The molecule has 1 fully saturated rings. The molecule has 0 bridgehead atoms. The van der Waals surface area contributed by atoms with Crippen molar-refractivity contribution in [2.75, 3.05) is 31.1 Å². The van der Waals surface area contributed by atoms with Crippen molar-refractivity contribution >= 4 is 18.2 Å². The minimum atomic E-state index is 0. The molecule has 1 aliphatic heterocycles. The van der Waals surface area contributed by atoms with E-state index in [2.05, 4.69) is 15.2 Å². The van der Waals surface area contributed by atoms with Crippen LogP contribution in [0.1, 0.15) is 5.56 Å². The van der Waals surface area contributed by atoms with Crippen LogP contribution in [0.25, 0.3) is 0 Å². The van der Waals surface area contributed by atoms with Crippen molar-refractivity contribution in [3.8, 4) is 6.07 Å². The molecule has 0 saturated carbocycles. The minimum absolute atomic E-state index is 0. The average Bonchev–Trinajstić information content (AvgIpc) is 2.39. The molecule has 2 rings (SSSR count). The summed E-state index contributed by atoms with van der Waals surface area (Å²) >= 11 is 0. The lowest BCUT2D eigenvalue weighted by Crippen LogP contribution is -2.52. The number of hydrogen-bond donors (Lipinski definition) is 2.